The van der Waals surface area contributed by atoms with Crippen molar-refractivity contribution in [2.45, 2.75) is 39.2 Å². The van der Waals surface area contributed by atoms with Gasteiger partial charge in [-0.25, -0.2) is 0 Å². The summed E-state index contributed by atoms with van der Waals surface area (Å²) in [5.74, 6) is 0.142. The van der Waals surface area contributed by atoms with E-state index in [2.05, 4.69) is 13.8 Å². The molecule has 0 aliphatic heterocycles. The summed E-state index contributed by atoms with van der Waals surface area (Å²) in [6.45, 7) is 5.88. The van der Waals surface area contributed by atoms with Crippen molar-refractivity contribution >= 4 is 18.3 Å². The normalized spacial score (nSPS) is 10.1. The molecule has 0 heterocycles. The van der Waals surface area contributed by atoms with Gasteiger partial charge in [-0.3, -0.25) is 4.79 Å². The molecule has 0 fully saturated rings. The number of nitrogens with two attached hydrogens (primary N) is 1. The number of hydrogen-bond donors (Lipinski definition) is 1. The number of carbonyl (C=O) groups is 1. The van der Waals surface area contributed by atoms with Crippen molar-refractivity contribution in [3.8, 4) is 0 Å². The molecular weight excluding hydrogens is 228 g/mol. The molecule has 2 N–H and O–H groups in total. The number of amides is 1. The lowest BCUT2D eigenvalue weighted by atomic mass is 10.1. The van der Waals surface area contributed by atoms with Gasteiger partial charge in [0, 0.05) is 32.7 Å². The fourth-order valence-electron chi connectivity index (χ4n) is 1.70. The Labute approximate surface area is 105 Å². The second kappa shape index (κ2) is 11.2. The van der Waals surface area contributed by atoms with E-state index in [1.54, 1.807) is 7.11 Å². The Bertz CT molecular complexity index is 175. The van der Waals surface area contributed by atoms with Crippen molar-refractivity contribution in [3.05, 3.63) is 0 Å². The number of nitrogens with zero attached hydrogens (tertiary/aromatic N) is 1. The quantitative estimate of drug-likeness (QED) is 0.711. The van der Waals surface area contributed by atoms with Gasteiger partial charge in [0.2, 0.25) is 5.91 Å². The molecular formula is C11H25ClN2O2. The molecule has 0 aromatic rings. The minimum Gasteiger partial charge on any atom is -0.383 e. The van der Waals surface area contributed by atoms with E-state index in [0.717, 1.165) is 12.8 Å². The Hall–Kier alpha value is -0.320. The first-order valence-electron chi connectivity index (χ1n) is 5.69. The predicted molar refractivity (Wildman–Crippen MR) is 68.9 cm³/mol. The third kappa shape index (κ3) is 6.30. The molecule has 5 heteroatoms. The average Bonchev–Trinajstić information content (AvgIpc) is 2.24. The Kier molecular flexibility index (Phi) is 12.6. The van der Waals surface area contributed by atoms with Crippen molar-refractivity contribution in [1.82, 2.24) is 4.90 Å². The van der Waals surface area contributed by atoms with E-state index in [9.17, 15) is 4.79 Å². The van der Waals surface area contributed by atoms with Crippen LogP contribution in [0.5, 0.6) is 0 Å². The summed E-state index contributed by atoms with van der Waals surface area (Å²) >= 11 is 0. The van der Waals surface area contributed by atoms with Crippen molar-refractivity contribution in [2.24, 2.45) is 5.73 Å². The molecule has 0 aliphatic carbocycles. The van der Waals surface area contributed by atoms with Crippen molar-refractivity contribution in [1.29, 1.82) is 0 Å². The standard InChI is InChI=1S/C11H24N2O2.ClH/c1-4-10(5-2)13(8-9-15-3)11(14)6-7-12;/h10H,4-9,12H2,1-3H3;1H. The first kappa shape index (κ1) is 18.1. The lowest BCUT2D eigenvalue weighted by Crippen LogP contribution is -2.42. The van der Waals surface area contributed by atoms with Gasteiger partial charge in [0.25, 0.3) is 0 Å². The lowest BCUT2D eigenvalue weighted by molar-refractivity contribution is -0.134. The predicted octanol–water partition coefficient (Wildman–Crippen LogP) is 1.42. The molecule has 1 amide bonds. The van der Waals surface area contributed by atoms with Gasteiger partial charge in [-0.05, 0) is 12.8 Å². The molecule has 0 aromatic heterocycles. The number of carbonyl (C=O) groups excluding carboxylic acids is 1. The molecule has 0 aliphatic rings. The Morgan fingerprint density at radius 3 is 2.31 bits per heavy atom. The summed E-state index contributed by atoms with van der Waals surface area (Å²) in [7, 11) is 1.65. The van der Waals surface area contributed by atoms with Crippen LogP contribution in [-0.2, 0) is 9.53 Å². The zero-order chi connectivity index (χ0) is 11.7. The van der Waals surface area contributed by atoms with E-state index in [4.69, 9.17) is 10.5 Å². The fourth-order valence-corrected chi connectivity index (χ4v) is 1.70. The monoisotopic (exact) mass is 252 g/mol. The third-order valence-electron chi connectivity index (χ3n) is 2.60. The summed E-state index contributed by atoms with van der Waals surface area (Å²) in [6, 6.07) is 0.319. The van der Waals surface area contributed by atoms with Crippen molar-refractivity contribution < 1.29 is 9.53 Å². The van der Waals surface area contributed by atoms with Gasteiger partial charge < -0.3 is 15.4 Å². The first-order chi connectivity index (χ1) is 7.21. The zero-order valence-electron chi connectivity index (χ0n) is 10.6. The molecule has 16 heavy (non-hydrogen) atoms. The molecule has 4 nitrogen and oxygen atoms in total. The Balaban J connectivity index is 0. The highest BCUT2D eigenvalue weighted by molar-refractivity contribution is 5.85. The van der Waals surface area contributed by atoms with E-state index in [-0.39, 0.29) is 18.3 Å². The molecule has 0 rings (SSSR count). The molecule has 0 bridgehead atoms. The summed E-state index contributed by atoms with van der Waals surface area (Å²) in [5, 5.41) is 0. The van der Waals surface area contributed by atoms with E-state index in [1.165, 1.54) is 0 Å². The lowest BCUT2D eigenvalue weighted by Gasteiger charge is -2.30. The van der Waals surface area contributed by atoms with Crippen LogP contribution in [0.2, 0.25) is 0 Å². The highest BCUT2D eigenvalue weighted by atomic mass is 35.5. The van der Waals surface area contributed by atoms with Crippen molar-refractivity contribution in [3.63, 3.8) is 0 Å². The van der Waals surface area contributed by atoms with Gasteiger partial charge in [-0.15, -0.1) is 12.4 Å². The smallest absolute Gasteiger partial charge is 0.224 e. The van der Waals surface area contributed by atoms with Crippen molar-refractivity contribution in [2.75, 3.05) is 26.8 Å². The van der Waals surface area contributed by atoms with Crippen LogP contribution in [0.1, 0.15) is 33.1 Å². The largest absolute Gasteiger partial charge is 0.383 e. The van der Waals surface area contributed by atoms with Gasteiger partial charge in [-0.2, -0.15) is 0 Å². The molecule has 98 valence electrons. The van der Waals surface area contributed by atoms with Gasteiger partial charge in [0.1, 0.15) is 0 Å². The maximum Gasteiger partial charge on any atom is 0.224 e. The molecule has 0 saturated carbocycles. The van der Waals surface area contributed by atoms with Crippen LogP contribution < -0.4 is 5.73 Å². The van der Waals surface area contributed by atoms with E-state index < -0.39 is 0 Å². The summed E-state index contributed by atoms with van der Waals surface area (Å²) < 4.78 is 5.01. The van der Waals surface area contributed by atoms with E-state index in [1.807, 2.05) is 4.90 Å². The Morgan fingerprint density at radius 2 is 1.94 bits per heavy atom. The van der Waals surface area contributed by atoms with Gasteiger partial charge >= 0.3 is 0 Å². The minimum absolute atomic E-state index is 0. The maximum atomic E-state index is 11.8. The minimum atomic E-state index is 0. The van der Waals surface area contributed by atoms with Crippen LogP contribution in [0.3, 0.4) is 0 Å². The second-order valence-electron chi connectivity index (χ2n) is 3.59. The number of hydrogen-bond acceptors (Lipinski definition) is 3. The van der Waals surface area contributed by atoms with Gasteiger partial charge in [-0.1, -0.05) is 13.8 Å². The summed E-state index contributed by atoms with van der Waals surface area (Å²) in [5.41, 5.74) is 5.40. The van der Waals surface area contributed by atoms with Crippen LogP contribution in [0, 0.1) is 0 Å². The van der Waals surface area contributed by atoms with Crippen LogP contribution in [0.4, 0.5) is 0 Å². The number of halogens is 1. The highest BCUT2D eigenvalue weighted by Crippen LogP contribution is 2.09. The van der Waals surface area contributed by atoms with Crippen LogP contribution in [0.15, 0.2) is 0 Å². The average molecular weight is 253 g/mol. The summed E-state index contributed by atoms with van der Waals surface area (Å²) in [4.78, 5) is 13.7. The molecule has 0 spiro atoms. The molecule has 0 unspecified atom stereocenters. The van der Waals surface area contributed by atoms with Crippen LogP contribution in [-0.4, -0.2) is 43.7 Å². The Morgan fingerprint density at radius 1 is 1.38 bits per heavy atom. The maximum absolute atomic E-state index is 11.8. The topological polar surface area (TPSA) is 55.6 Å². The fraction of sp³-hybridized carbons (Fsp3) is 0.909. The molecule has 0 atom stereocenters. The van der Waals surface area contributed by atoms with E-state index in [0.29, 0.717) is 32.2 Å². The first-order valence-corrected chi connectivity index (χ1v) is 5.69. The zero-order valence-corrected chi connectivity index (χ0v) is 11.4. The second-order valence-corrected chi connectivity index (χ2v) is 3.59. The SMILES string of the molecule is CCC(CC)N(CCOC)C(=O)CCN.Cl. The van der Waals surface area contributed by atoms with Crippen LogP contribution >= 0.6 is 12.4 Å². The number of methoxy groups -OCH3 is 1. The van der Waals surface area contributed by atoms with Crippen LogP contribution in [0.25, 0.3) is 0 Å². The molecule has 0 saturated heterocycles. The summed E-state index contributed by atoms with van der Waals surface area (Å²) in [6.07, 6.45) is 2.40. The number of ether oxygens (including phenoxy) is 1. The molecule has 0 aromatic carbocycles. The molecule has 0 radical (unpaired) electrons. The van der Waals surface area contributed by atoms with E-state index >= 15 is 0 Å². The highest BCUT2D eigenvalue weighted by Gasteiger charge is 2.19. The number of rotatable bonds is 8. The van der Waals surface area contributed by atoms with Gasteiger partial charge in [0.15, 0.2) is 0 Å². The third-order valence-corrected chi connectivity index (χ3v) is 2.60. The van der Waals surface area contributed by atoms with Gasteiger partial charge in [0.05, 0.1) is 6.61 Å².